The van der Waals surface area contributed by atoms with Crippen molar-refractivity contribution in [3.05, 3.63) is 23.8 Å². The van der Waals surface area contributed by atoms with Crippen molar-refractivity contribution in [1.29, 1.82) is 0 Å². The van der Waals surface area contributed by atoms with Crippen LogP contribution in [0.4, 0.5) is 5.69 Å². The van der Waals surface area contributed by atoms with E-state index in [9.17, 15) is 13.2 Å². The molecular weight excluding hydrogens is 266 g/mol. The highest BCUT2D eigenvalue weighted by atomic mass is 32.2. The Morgan fingerprint density at radius 1 is 1.47 bits per heavy atom. The second-order valence-corrected chi connectivity index (χ2v) is 7.10. The molecule has 2 N–H and O–H groups in total. The summed E-state index contributed by atoms with van der Waals surface area (Å²) < 4.78 is 24.4. The van der Waals surface area contributed by atoms with Crippen LogP contribution in [-0.4, -0.2) is 31.3 Å². The van der Waals surface area contributed by atoms with Crippen LogP contribution >= 0.6 is 0 Å². The lowest BCUT2D eigenvalue weighted by molar-refractivity contribution is -0.137. The van der Waals surface area contributed by atoms with Crippen LogP contribution in [0, 0.1) is 0 Å². The average Bonchev–Trinajstić information content (AvgIpc) is 2.26. The maximum absolute atomic E-state index is 12.2. The van der Waals surface area contributed by atoms with Crippen molar-refractivity contribution in [2.24, 2.45) is 0 Å². The molecule has 1 atom stereocenters. The molecule has 0 bridgehead atoms. The predicted octanol–water partition coefficient (Wildman–Crippen LogP) is 1.85. The van der Waals surface area contributed by atoms with Crippen LogP contribution < -0.4 is 5.32 Å². The maximum Gasteiger partial charge on any atom is 0.305 e. The third-order valence-electron chi connectivity index (χ3n) is 3.21. The summed E-state index contributed by atoms with van der Waals surface area (Å²) in [6.45, 7) is 3.95. The van der Waals surface area contributed by atoms with Crippen molar-refractivity contribution in [2.45, 2.75) is 37.1 Å². The van der Waals surface area contributed by atoms with E-state index in [1.54, 1.807) is 12.1 Å². The van der Waals surface area contributed by atoms with Crippen LogP contribution in [0.25, 0.3) is 0 Å². The molecule has 0 amide bonds. The van der Waals surface area contributed by atoms with Crippen LogP contribution in [0.3, 0.4) is 0 Å². The van der Waals surface area contributed by atoms with Gasteiger partial charge in [-0.1, -0.05) is 26.0 Å². The molecule has 2 rings (SSSR count). The van der Waals surface area contributed by atoms with E-state index in [0.29, 0.717) is 5.69 Å². The number of nitrogens with one attached hydrogen (secondary N) is 1. The summed E-state index contributed by atoms with van der Waals surface area (Å²) in [7, 11) is -3.42. The van der Waals surface area contributed by atoms with Gasteiger partial charge >= 0.3 is 5.97 Å². The van der Waals surface area contributed by atoms with Crippen molar-refractivity contribution < 1.29 is 18.3 Å². The number of hydrogen-bond donors (Lipinski definition) is 2. The third-order valence-corrected chi connectivity index (χ3v) is 5.06. The number of carbonyl (C=O) groups is 1. The normalized spacial score (nSPS) is 20.7. The van der Waals surface area contributed by atoms with E-state index in [2.05, 4.69) is 5.32 Å². The molecule has 0 radical (unpaired) electrons. The number of para-hydroxylation sites is 1. The van der Waals surface area contributed by atoms with Crippen LogP contribution in [0.15, 0.2) is 23.1 Å². The molecule has 0 aromatic heterocycles. The molecule has 1 aliphatic rings. The summed E-state index contributed by atoms with van der Waals surface area (Å²) in [6.07, 6.45) is -0.203. The van der Waals surface area contributed by atoms with E-state index in [1.807, 2.05) is 19.9 Å². The van der Waals surface area contributed by atoms with Crippen LogP contribution in [0.1, 0.15) is 31.7 Å². The lowest BCUT2D eigenvalue weighted by atomic mass is 10.0. The van der Waals surface area contributed by atoms with Crippen molar-refractivity contribution in [1.82, 2.24) is 0 Å². The number of benzene rings is 1. The summed E-state index contributed by atoms with van der Waals surface area (Å²) in [4.78, 5) is 11.1. The molecule has 1 heterocycles. The summed E-state index contributed by atoms with van der Waals surface area (Å²) in [6, 6.07) is 4.59. The van der Waals surface area contributed by atoms with E-state index in [1.165, 1.54) is 0 Å². The van der Waals surface area contributed by atoms with Crippen molar-refractivity contribution in [3.63, 3.8) is 0 Å². The Morgan fingerprint density at radius 2 is 2.16 bits per heavy atom. The van der Waals surface area contributed by atoms with Gasteiger partial charge < -0.3 is 10.4 Å². The van der Waals surface area contributed by atoms with Gasteiger partial charge in [-0.3, -0.25) is 4.79 Å². The largest absolute Gasteiger partial charge is 0.481 e. The SMILES string of the molecule is CC(C)c1cccc2c1NC(CC(=O)O)CS2(=O)=O. The van der Waals surface area contributed by atoms with Gasteiger partial charge in [0.2, 0.25) is 0 Å². The Labute approximate surface area is 112 Å². The fraction of sp³-hybridized carbons (Fsp3) is 0.462. The van der Waals surface area contributed by atoms with Crippen molar-refractivity contribution >= 4 is 21.5 Å². The molecule has 19 heavy (non-hydrogen) atoms. The van der Waals surface area contributed by atoms with Gasteiger partial charge in [0.1, 0.15) is 0 Å². The van der Waals surface area contributed by atoms with E-state index < -0.39 is 21.8 Å². The summed E-state index contributed by atoms with van der Waals surface area (Å²) in [5.74, 6) is -1.01. The minimum atomic E-state index is -3.42. The van der Waals surface area contributed by atoms with Gasteiger partial charge in [-0.05, 0) is 17.5 Å². The minimum absolute atomic E-state index is 0.168. The number of sulfone groups is 1. The lowest BCUT2D eigenvalue weighted by Gasteiger charge is -2.28. The van der Waals surface area contributed by atoms with Crippen LogP contribution in [0.5, 0.6) is 0 Å². The van der Waals surface area contributed by atoms with Gasteiger partial charge in [-0.2, -0.15) is 0 Å². The fourth-order valence-electron chi connectivity index (χ4n) is 2.36. The first kappa shape index (κ1) is 13.9. The first-order chi connectivity index (χ1) is 8.81. The molecule has 104 valence electrons. The Morgan fingerprint density at radius 3 is 2.74 bits per heavy atom. The molecule has 1 aliphatic heterocycles. The highest BCUT2D eigenvalue weighted by Gasteiger charge is 2.32. The molecule has 0 saturated carbocycles. The topological polar surface area (TPSA) is 83.5 Å². The first-order valence-corrected chi connectivity index (χ1v) is 7.80. The van der Waals surface area contributed by atoms with Gasteiger partial charge in [-0.15, -0.1) is 0 Å². The van der Waals surface area contributed by atoms with Gasteiger partial charge in [0.15, 0.2) is 9.84 Å². The molecular formula is C13H17NO4S. The first-order valence-electron chi connectivity index (χ1n) is 6.15. The summed E-state index contributed by atoms with van der Waals surface area (Å²) >= 11 is 0. The summed E-state index contributed by atoms with van der Waals surface area (Å²) in [5.41, 5.74) is 1.46. The van der Waals surface area contributed by atoms with E-state index >= 15 is 0 Å². The number of carboxylic acid groups (broad SMARTS) is 1. The highest BCUT2D eigenvalue weighted by Crippen LogP contribution is 2.35. The van der Waals surface area contributed by atoms with Gasteiger partial charge in [-0.25, -0.2) is 8.42 Å². The van der Waals surface area contributed by atoms with Gasteiger partial charge in [0.05, 0.1) is 28.8 Å². The molecule has 5 nitrogen and oxygen atoms in total. The number of aliphatic carboxylic acids is 1. The zero-order valence-electron chi connectivity index (χ0n) is 10.9. The van der Waals surface area contributed by atoms with E-state index in [-0.39, 0.29) is 23.0 Å². The summed E-state index contributed by atoms with van der Waals surface area (Å²) in [5, 5.41) is 11.9. The molecule has 1 unspecified atom stereocenters. The second kappa shape index (κ2) is 4.85. The molecule has 0 saturated heterocycles. The van der Waals surface area contributed by atoms with E-state index in [0.717, 1.165) is 5.56 Å². The van der Waals surface area contributed by atoms with Crippen molar-refractivity contribution in [2.75, 3.05) is 11.1 Å². The Bertz CT molecular complexity index is 607. The number of rotatable bonds is 3. The Kier molecular flexibility index (Phi) is 3.54. The van der Waals surface area contributed by atoms with E-state index in [4.69, 9.17) is 5.11 Å². The second-order valence-electron chi connectivity index (χ2n) is 5.10. The molecule has 0 aliphatic carbocycles. The molecule has 1 aromatic rings. The van der Waals surface area contributed by atoms with Crippen LogP contribution in [0.2, 0.25) is 0 Å². The number of carboxylic acids is 1. The predicted molar refractivity (Wildman–Crippen MR) is 72.2 cm³/mol. The fourth-order valence-corrected chi connectivity index (χ4v) is 4.05. The third kappa shape index (κ3) is 2.73. The maximum atomic E-state index is 12.2. The monoisotopic (exact) mass is 283 g/mol. The standard InChI is InChI=1S/C13H17NO4S/c1-8(2)10-4-3-5-11-13(10)14-9(6-12(15)16)7-19(11,17)18/h3-5,8-9,14H,6-7H2,1-2H3,(H,15,16). The number of fused-ring (bicyclic) bond motifs is 1. The van der Waals surface area contributed by atoms with Gasteiger partial charge in [0, 0.05) is 0 Å². The molecule has 1 aromatic carbocycles. The number of anilines is 1. The zero-order valence-corrected chi connectivity index (χ0v) is 11.7. The Hall–Kier alpha value is -1.56. The highest BCUT2D eigenvalue weighted by molar-refractivity contribution is 7.91. The molecule has 6 heteroatoms. The van der Waals surface area contributed by atoms with Crippen molar-refractivity contribution in [3.8, 4) is 0 Å². The lowest BCUT2D eigenvalue weighted by Crippen LogP contribution is -2.36. The molecule has 0 spiro atoms. The molecule has 0 fully saturated rings. The number of hydrogen-bond acceptors (Lipinski definition) is 4. The van der Waals surface area contributed by atoms with Crippen LogP contribution in [-0.2, 0) is 14.6 Å². The average molecular weight is 283 g/mol. The van der Waals surface area contributed by atoms with Gasteiger partial charge in [0.25, 0.3) is 0 Å². The minimum Gasteiger partial charge on any atom is -0.481 e. The smallest absolute Gasteiger partial charge is 0.305 e. The quantitative estimate of drug-likeness (QED) is 0.884. The zero-order chi connectivity index (χ0) is 14.2. The Balaban J connectivity index is 2.51.